The zero-order valence-electron chi connectivity index (χ0n) is 12.9. The minimum Gasteiger partial charge on any atom is -0.490 e. The van der Waals surface area contributed by atoms with Gasteiger partial charge < -0.3 is 15.8 Å². The van der Waals surface area contributed by atoms with Crippen LogP contribution < -0.4 is 15.8 Å². The molecule has 1 aromatic heterocycles. The molecule has 23 heavy (non-hydrogen) atoms. The van der Waals surface area contributed by atoms with E-state index in [4.69, 9.17) is 22.1 Å². The summed E-state index contributed by atoms with van der Waals surface area (Å²) < 4.78 is 5.56. The molecule has 0 spiro atoms. The van der Waals surface area contributed by atoms with E-state index >= 15 is 0 Å². The molecule has 1 saturated carbocycles. The van der Waals surface area contributed by atoms with Crippen molar-refractivity contribution in [1.82, 2.24) is 10.3 Å². The van der Waals surface area contributed by atoms with Crippen molar-refractivity contribution in [2.24, 2.45) is 11.7 Å². The highest BCUT2D eigenvalue weighted by atomic mass is 35.5. The highest BCUT2D eigenvalue weighted by molar-refractivity contribution is 7.98. The van der Waals surface area contributed by atoms with Gasteiger partial charge in [0.05, 0.1) is 6.61 Å². The molecule has 2 amide bonds. The Morgan fingerprint density at radius 3 is 2.83 bits per heavy atom. The molecule has 1 heterocycles. The number of nitrogens with zero attached hydrogens (tertiary/aromatic N) is 1. The van der Waals surface area contributed by atoms with Gasteiger partial charge in [-0.3, -0.25) is 9.59 Å². The minimum absolute atomic E-state index is 0.129. The molecule has 1 fully saturated rings. The zero-order chi connectivity index (χ0) is 16.8. The summed E-state index contributed by atoms with van der Waals surface area (Å²) in [7, 11) is 0. The fraction of sp³-hybridized carbons (Fsp3) is 0.533. The molecule has 2 rings (SSSR count). The number of pyridine rings is 1. The van der Waals surface area contributed by atoms with Gasteiger partial charge in [0.2, 0.25) is 5.91 Å². The normalized spacial score (nSPS) is 15.0. The Balaban J connectivity index is 1.97. The summed E-state index contributed by atoms with van der Waals surface area (Å²) in [6.45, 7) is 0.616. The number of thioether (sulfide) groups is 1. The molecule has 8 heteroatoms. The van der Waals surface area contributed by atoms with Crippen molar-refractivity contribution in [3.8, 4) is 5.75 Å². The number of ether oxygens (including phenoxy) is 1. The van der Waals surface area contributed by atoms with E-state index in [2.05, 4.69) is 10.3 Å². The maximum absolute atomic E-state index is 12.2. The van der Waals surface area contributed by atoms with Crippen molar-refractivity contribution in [3.05, 3.63) is 23.0 Å². The maximum atomic E-state index is 12.2. The van der Waals surface area contributed by atoms with E-state index in [1.807, 2.05) is 6.26 Å². The highest BCUT2D eigenvalue weighted by Crippen LogP contribution is 2.31. The van der Waals surface area contributed by atoms with Gasteiger partial charge in [-0.1, -0.05) is 11.6 Å². The molecule has 1 aliphatic carbocycles. The number of halogens is 1. The topological polar surface area (TPSA) is 94.3 Å². The number of carbonyl (C=O) groups excluding carboxylic acids is 2. The van der Waals surface area contributed by atoms with Gasteiger partial charge in [0.15, 0.2) is 10.9 Å². The van der Waals surface area contributed by atoms with Gasteiger partial charge in [-0.05, 0) is 49.3 Å². The van der Waals surface area contributed by atoms with Crippen LogP contribution in [0.15, 0.2) is 12.1 Å². The summed E-state index contributed by atoms with van der Waals surface area (Å²) in [6.07, 6.45) is 4.74. The third kappa shape index (κ3) is 5.58. The van der Waals surface area contributed by atoms with Gasteiger partial charge in [-0.15, -0.1) is 0 Å². The van der Waals surface area contributed by atoms with E-state index in [1.54, 1.807) is 17.8 Å². The van der Waals surface area contributed by atoms with Crippen molar-refractivity contribution in [2.45, 2.75) is 25.3 Å². The smallest absolute Gasteiger partial charge is 0.270 e. The van der Waals surface area contributed by atoms with Crippen molar-refractivity contribution in [3.63, 3.8) is 0 Å². The fourth-order valence-corrected chi connectivity index (χ4v) is 2.58. The number of aromatic nitrogens is 1. The van der Waals surface area contributed by atoms with Crippen molar-refractivity contribution >= 4 is 35.2 Å². The van der Waals surface area contributed by atoms with Gasteiger partial charge in [0, 0.05) is 0 Å². The molecule has 0 radical (unpaired) electrons. The quantitative estimate of drug-likeness (QED) is 0.658. The Morgan fingerprint density at radius 2 is 2.26 bits per heavy atom. The maximum Gasteiger partial charge on any atom is 0.270 e. The van der Waals surface area contributed by atoms with Gasteiger partial charge in [-0.2, -0.15) is 11.8 Å². The molecule has 126 valence electrons. The summed E-state index contributed by atoms with van der Waals surface area (Å²) in [5.41, 5.74) is 5.43. The van der Waals surface area contributed by atoms with Crippen LogP contribution in [0.1, 0.15) is 29.8 Å². The first-order valence-corrected chi connectivity index (χ1v) is 9.17. The molecular weight excluding hydrogens is 338 g/mol. The second-order valence-corrected chi connectivity index (χ2v) is 6.79. The van der Waals surface area contributed by atoms with E-state index in [9.17, 15) is 9.59 Å². The number of hydrogen-bond acceptors (Lipinski definition) is 5. The number of nitrogens with two attached hydrogens (primary N) is 1. The molecule has 0 bridgehead atoms. The number of carbonyl (C=O) groups is 2. The van der Waals surface area contributed by atoms with Gasteiger partial charge in [0.1, 0.15) is 11.7 Å². The molecule has 0 aromatic carbocycles. The molecule has 3 N–H and O–H groups in total. The summed E-state index contributed by atoms with van der Waals surface area (Å²) in [5, 5.41) is 2.72. The van der Waals surface area contributed by atoms with Crippen LogP contribution in [0.2, 0.25) is 5.15 Å². The minimum atomic E-state index is -0.721. The predicted molar refractivity (Wildman–Crippen MR) is 90.9 cm³/mol. The molecule has 1 aliphatic rings. The molecule has 1 aromatic rings. The standard InChI is InChI=1S/C15H20ClN3O3S/c1-23-7-6-10(14(17)20)19-15(21)11-4-5-12(13(16)18-11)22-8-9-2-3-9/h4-5,9-10H,2-3,6-8H2,1H3,(H2,17,20)(H,19,21). The van der Waals surface area contributed by atoms with Crippen molar-refractivity contribution < 1.29 is 14.3 Å². The van der Waals surface area contributed by atoms with Crippen LogP contribution in [0.3, 0.4) is 0 Å². The van der Waals surface area contributed by atoms with Gasteiger partial charge in [-0.25, -0.2) is 4.98 Å². The lowest BCUT2D eigenvalue weighted by Crippen LogP contribution is -2.45. The first kappa shape index (κ1) is 17.9. The molecule has 1 atom stereocenters. The Labute approximate surface area is 144 Å². The first-order valence-electron chi connectivity index (χ1n) is 7.39. The van der Waals surface area contributed by atoms with Crippen LogP contribution >= 0.6 is 23.4 Å². The van der Waals surface area contributed by atoms with E-state index < -0.39 is 17.9 Å². The summed E-state index contributed by atoms with van der Waals surface area (Å²) in [4.78, 5) is 27.6. The van der Waals surface area contributed by atoms with Crippen LogP contribution in [-0.2, 0) is 4.79 Å². The Hall–Kier alpha value is -1.47. The van der Waals surface area contributed by atoms with Crippen LogP contribution in [0.4, 0.5) is 0 Å². The fourth-order valence-electron chi connectivity index (χ4n) is 1.90. The Bertz CT molecular complexity index is 581. The third-order valence-corrected chi connectivity index (χ3v) is 4.39. The second-order valence-electron chi connectivity index (χ2n) is 5.45. The van der Waals surface area contributed by atoms with Crippen molar-refractivity contribution in [2.75, 3.05) is 18.6 Å². The highest BCUT2D eigenvalue weighted by Gasteiger charge is 2.23. The van der Waals surface area contributed by atoms with E-state index in [0.717, 1.165) is 5.75 Å². The van der Waals surface area contributed by atoms with E-state index in [1.165, 1.54) is 18.9 Å². The van der Waals surface area contributed by atoms with Gasteiger partial charge in [0.25, 0.3) is 5.91 Å². The zero-order valence-corrected chi connectivity index (χ0v) is 14.5. The number of amides is 2. The Morgan fingerprint density at radius 1 is 1.52 bits per heavy atom. The SMILES string of the molecule is CSCCC(NC(=O)c1ccc(OCC2CC2)c(Cl)n1)C(N)=O. The average Bonchev–Trinajstić information content (AvgIpc) is 3.33. The number of nitrogens with one attached hydrogen (secondary N) is 1. The number of primary amides is 1. The Kier molecular flexibility index (Phi) is 6.53. The lowest BCUT2D eigenvalue weighted by molar-refractivity contribution is -0.119. The summed E-state index contributed by atoms with van der Waals surface area (Å²) in [5.74, 6) is 0.731. The lowest BCUT2D eigenvalue weighted by Gasteiger charge is -2.15. The average molecular weight is 358 g/mol. The largest absolute Gasteiger partial charge is 0.490 e. The summed E-state index contributed by atoms with van der Waals surface area (Å²) in [6, 6.07) is 2.42. The molecule has 0 aliphatic heterocycles. The van der Waals surface area contributed by atoms with Gasteiger partial charge >= 0.3 is 0 Å². The predicted octanol–water partition coefficient (Wildman–Crippen LogP) is 1.86. The van der Waals surface area contributed by atoms with E-state index in [0.29, 0.717) is 24.7 Å². The number of rotatable bonds is 9. The van der Waals surface area contributed by atoms with Crippen LogP contribution in [0.25, 0.3) is 0 Å². The molecule has 6 nitrogen and oxygen atoms in total. The van der Waals surface area contributed by atoms with E-state index in [-0.39, 0.29) is 10.8 Å². The lowest BCUT2D eigenvalue weighted by atomic mass is 10.2. The summed E-state index contributed by atoms with van der Waals surface area (Å²) >= 11 is 7.62. The van der Waals surface area contributed by atoms with Crippen LogP contribution in [0, 0.1) is 5.92 Å². The first-order chi connectivity index (χ1) is 11.0. The molecule has 0 saturated heterocycles. The number of hydrogen-bond donors (Lipinski definition) is 2. The molecule has 1 unspecified atom stereocenters. The molecular formula is C15H20ClN3O3S. The third-order valence-electron chi connectivity index (χ3n) is 3.48. The van der Waals surface area contributed by atoms with Crippen LogP contribution in [0.5, 0.6) is 5.75 Å². The van der Waals surface area contributed by atoms with Crippen LogP contribution in [-0.4, -0.2) is 41.5 Å². The van der Waals surface area contributed by atoms with Crippen molar-refractivity contribution in [1.29, 1.82) is 0 Å². The second kappa shape index (κ2) is 8.40. The monoisotopic (exact) mass is 357 g/mol.